The van der Waals surface area contributed by atoms with Crippen LogP contribution in [0.2, 0.25) is 0 Å². The van der Waals surface area contributed by atoms with Crippen LogP contribution in [-0.4, -0.2) is 12.2 Å². The van der Waals surface area contributed by atoms with Crippen molar-refractivity contribution in [2.24, 2.45) is 5.84 Å². The van der Waals surface area contributed by atoms with Gasteiger partial charge in [0.2, 0.25) is 0 Å². The quantitative estimate of drug-likeness (QED) is 0.623. The molecule has 94 valence electrons. The Bertz CT molecular complexity index is 397. The molecular formula is C14H22N2O. The van der Waals surface area contributed by atoms with Crippen LogP contribution in [0.5, 0.6) is 0 Å². The maximum atomic E-state index is 5.90. The van der Waals surface area contributed by atoms with Crippen molar-refractivity contribution in [1.29, 1.82) is 0 Å². The molecule has 3 nitrogen and oxygen atoms in total. The Labute approximate surface area is 103 Å². The molecule has 2 rings (SSSR count). The van der Waals surface area contributed by atoms with Gasteiger partial charge >= 0.3 is 0 Å². The average molecular weight is 234 g/mol. The Kier molecular flexibility index (Phi) is 3.52. The molecule has 1 heterocycles. The fourth-order valence-corrected chi connectivity index (χ4v) is 2.69. The fraction of sp³-hybridized carbons (Fsp3) is 0.571. The molecule has 3 heteroatoms. The van der Waals surface area contributed by atoms with Crippen LogP contribution in [0.25, 0.3) is 0 Å². The second-order valence-corrected chi connectivity index (χ2v) is 5.22. The van der Waals surface area contributed by atoms with Gasteiger partial charge in [0.25, 0.3) is 0 Å². The highest BCUT2D eigenvalue weighted by Crippen LogP contribution is 2.38. The Morgan fingerprint density at radius 3 is 2.76 bits per heavy atom. The molecule has 0 aromatic heterocycles. The number of benzene rings is 1. The molecule has 2 unspecified atom stereocenters. The number of aryl methyl sites for hydroxylation is 2. The van der Waals surface area contributed by atoms with Crippen LogP contribution in [-0.2, 0) is 4.74 Å². The van der Waals surface area contributed by atoms with Gasteiger partial charge in [0.05, 0.1) is 11.6 Å². The van der Waals surface area contributed by atoms with Gasteiger partial charge in [0, 0.05) is 6.61 Å². The smallest absolute Gasteiger partial charge is 0.0862 e. The Morgan fingerprint density at radius 1 is 1.41 bits per heavy atom. The molecule has 0 amide bonds. The van der Waals surface area contributed by atoms with Crippen molar-refractivity contribution in [3.63, 3.8) is 0 Å². The van der Waals surface area contributed by atoms with Crippen molar-refractivity contribution in [1.82, 2.24) is 5.43 Å². The van der Waals surface area contributed by atoms with Gasteiger partial charge in [-0.05, 0) is 44.7 Å². The van der Waals surface area contributed by atoms with E-state index >= 15 is 0 Å². The number of nitrogens with two attached hydrogens (primary N) is 1. The summed E-state index contributed by atoms with van der Waals surface area (Å²) in [5.41, 5.74) is 6.52. The standard InChI is InChI=1S/C14H22N2O/c1-10-5-6-11(2)12(9-10)13(16-15)14(3)7-4-8-17-14/h5-6,9,13,16H,4,7-8,15H2,1-3H3. The molecule has 0 spiro atoms. The lowest BCUT2D eigenvalue weighted by Gasteiger charge is -2.34. The first-order valence-electron chi connectivity index (χ1n) is 6.24. The normalized spacial score (nSPS) is 26.1. The molecule has 2 atom stereocenters. The minimum absolute atomic E-state index is 0.0601. The zero-order valence-electron chi connectivity index (χ0n) is 10.9. The van der Waals surface area contributed by atoms with E-state index in [9.17, 15) is 0 Å². The topological polar surface area (TPSA) is 47.3 Å². The van der Waals surface area contributed by atoms with Crippen LogP contribution < -0.4 is 11.3 Å². The number of rotatable bonds is 3. The van der Waals surface area contributed by atoms with Gasteiger partial charge in [0.15, 0.2) is 0 Å². The van der Waals surface area contributed by atoms with Crippen LogP contribution in [0.4, 0.5) is 0 Å². The highest BCUT2D eigenvalue weighted by molar-refractivity contribution is 5.34. The number of nitrogens with one attached hydrogen (secondary N) is 1. The molecule has 0 radical (unpaired) electrons. The van der Waals surface area contributed by atoms with Gasteiger partial charge < -0.3 is 4.74 Å². The first-order valence-corrected chi connectivity index (χ1v) is 6.24. The summed E-state index contributed by atoms with van der Waals surface area (Å²) in [5, 5.41) is 0. The first-order chi connectivity index (χ1) is 8.07. The number of hydrazine groups is 1. The third-order valence-electron chi connectivity index (χ3n) is 3.77. The number of hydrogen-bond donors (Lipinski definition) is 2. The lowest BCUT2D eigenvalue weighted by Crippen LogP contribution is -2.44. The summed E-state index contributed by atoms with van der Waals surface area (Å²) in [7, 11) is 0. The minimum Gasteiger partial charge on any atom is -0.373 e. The summed E-state index contributed by atoms with van der Waals surface area (Å²) in [4.78, 5) is 0. The van der Waals surface area contributed by atoms with E-state index in [2.05, 4.69) is 44.4 Å². The molecule has 0 aliphatic carbocycles. The van der Waals surface area contributed by atoms with E-state index < -0.39 is 0 Å². The fourth-order valence-electron chi connectivity index (χ4n) is 2.69. The van der Waals surface area contributed by atoms with Gasteiger partial charge in [-0.25, -0.2) is 0 Å². The van der Waals surface area contributed by atoms with E-state index in [-0.39, 0.29) is 11.6 Å². The van der Waals surface area contributed by atoms with Crippen LogP contribution >= 0.6 is 0 Å². The Morgan fingerprint density at radius 2 is 2.18 bits per heavy atom. The largest absolute Gasteiger partial charge is 0.373 e. The maximum Gasteiger partial charge on any atom is 0.0862 e. The summed E-state index contributed by atoms with van der Waals surface area (Å²) < 4.78 is 5.90. The molecule has 3 N–H and O–H groups in total. The summed E-state index contributed by atoms with van der Waals surface area (Å²) in [6, 6.07) is 6.54. The Hall–Kier alpha value is -0.900. The number of hydrogen-bond acceptors (Lipinski definition) is 3. The van der Waals surface area contributed by atoms with Crippen molar-refractivity contribution in [3.05, 3.63) is 34.9 Å². The van der Waals surface area contributed by atoms with Crippen molar-refractivity contribution < 1.29 is 4.74 Å². The van der Waals surface area contributed by atoms with Gasteiger partial charge in [0.1, 0.15) is 0 Å². The van der Waals surface area contributed by atoms with Gasteiger partial charge in [-0.15, -0.1) is 0 Å². The molecule has 17 heavy (non-hydrogen) atoms. The highest BCUT2D eigenvalue weighted by Gasteiger charge is 2.39. The molecule has 1 aromatic rings. The van der Waals surface area contributed by atoms with E-state index in [1.165, 1.54) is 16.7 Å². The average Bonchev–Trinajstić information content (AvgIpc) is 2.72. The van der Waals surface area contributed by atoms with Crippen molar-refractivity contribution in [3.8, 4) is 0 Å². The predicted molar refractivity (Wildman–Crippen MR) is 69.6 cm³/mol. The zero-order chi connectivity index (χ0) is 12.5. The Balaban J connectivity index is 2.37. The van der Waals surface area contributed by atoms with Crippen LogP contribution in [0.3, 0.4) is 0 Å². The summed E-state index contributed by atoms with van der Waals surface area (Å²) in [5.74, 6) is 5.76. The summed E-state index contributed by atoms with van der Waals surface area (Å²) in [6.45, 7) is 7.21. The zero-order valence-corrected chi connectivity index (χ0v) is 10.9. The third-order valence-corrected chi connectivity index (χ3v) is 3.77. The highest BCUT2D eigenvalue weighted by atomic mass is 16.5. The van der Waals surface area contributed by atoms with E-state index in [0.717, 1.165) is 19.4 Å². The van der Waals surface area contributed by atoms with E-state index in [4.69, 9.17) is 10.6 Å². The second-order valence-electron chi connectivity index (χ2n) is 5.22. The van der Waals surface area contributed by atoms with Gasteiger partial charge in [-0.3, -0.25) is 11.3 Å². The van der Waals surface area contributed by atoms with Gasteiger partial charge in [-0.1, -0.05) is 23.8 Å². The van der Waals surface area contributed by atoms with Gasteiger partial charge in [-0.2, -0.15) is 0 Å². The molecule has 1 saturated heterocycles. The third kappa shape index (κ3) is 2.37. The predicted octanol–water partition coefficient (Wildman–Crippen LogP) is 2.38. The number of ether oxygens (including phenoxy) is 1. The lowest BCUT2D eigenvalue weighted by molar-refractivity contribution is -0.0127. The van der Waals surface area contributed by atoms with E-state index in [1.54, 1.807) is 0 Å². The molecule has 1 aliphatic rings. The monoisotopic (exact) mass is 234 g/mol. The SMILES string of the molecule is Cc1ccc(C)c(C(NN)C2(C)CCCO2)c1. The van der Waals surface area contributed by atoms with Crippen LogP contribution in [0, 0.1) is 13.8 Å². The molecule has 1 aliphatic heterocycles. The second kappa shape index (κ2) is 4.77. The van der Waals surface area contributed by atoms with E-state index in [0.29, 0.717) is 0 Å². The van der Waals surface area contributed by atoms with Crippen molar-refractivity contribution >= 4 is 0 Å². The summed E-state index contributed by atoms with van der Waals surface area (Å²) >= 11 is 0. The van der Waals surface area contributed by atoms with E-state index in [1.807, 2.05) is 0 Å². The van der Waals surface area contributed by atoms with Crippen LogP contribution in [0.15, 0.2) is 18.2 Å². The molecule has 1 fully saturated rings. The minimum atomic E-state index is -0.187. The molecule has 1 aromatic carbocycles. The first kappa shape index (κ1) is 12.6. The molecule has 0 bridgehead atoms. The lowest BCUT2D eigenvalue weighted by atomic mass is 9.85. The molecule has 0 saturated carbocycles. The summed E-state index contributed by atoms with van der Waals surface area (Å²) in [6.07, 6.45) is 2.16. The van der Waals surface area contributed by atoms with Crippen molar-refractivity contribution in [2.45, 2.75) is 45.3 Å². The molecular weight excluding hydrogens is 212 g/mol. The van der Waals surface area contributed by atoms with Crippen molar-refractivity contribution in [2.75, 3.05) is 6.61 Å². The van der Waals surface area contributed by atoms with Crippen LogP contribution in [0.1, 0.15) is 42.5 Å². The maximum absolute atomic E-state index is 5.90.